The lowest BCUT2D eigenvalue weighted by molar-refractivity contribution is 0.156. The first kappa shape index (κ1) is 11.5. The van der Waals surface area contributed by atoms with Gasteiger partial charge in [-0.25, -0.2) is 4.79 Å². The van der Waals surface area contributed by atoms with Crippen LogP contribution in [0.25, 0.3) is 0 Å². The highest BCUT2D eigenvalue weighted by atomic mass is 28.2. The third kappa shape index (κ3) is 4.10. The highest BCUT2D eigenvalue weighted by Crippen LogP contribution is 2.17. The summed E-state index contributed by atoms with van der Waals surface area (Å²) in [5.74, 6) is 0. The molecule has 1 rings (SSSR count). The number of rotatable bonds is 4. The molecule has 82 valence electrons. The number of hydrogen-bond acceptors (Lipinski definition) is 2. The van der Waals surface area contributed by atoms with Gasteiger partial charge in [0.1, 0.15) is 0 Å². The van der Waals surface area contributed by atoms with Crippen molar-refractivity contribution in [1.82, 2.24) is 5.32 Å². The highest BCUT2D eigenvalue weighted by molar-refractivity contribution is 6.27. The molecule has 3 N–H and O–H groups in total. The van der Waals surface area contributed by atoms with Crippen molar-refractivity contribution in [1.29, 1.82) is 0 Å². The van der Waals surface area contributed by atoms with Crippen LogP contribution >= 0.6 is 0 Å². The number of amides is 2. The molecule has 0 aromatic carbocycles. The van der Waals surface area contributed by atoms with Crippen molar-refractivity contribution in [3.8, 4) is 0 Å². The number of urea groups is 1. The molecule has 1 heterocycles. The summed E-state index contributed by atoms with van der Waals surface area (Å²) in [5, 5.41) is 2.75. The lowest BCUT2D eigenvalue weighted by Crippen LogP contribution is -2.41. The Morgan fingerprint density at radius 2 is 2.57 bits per heavy atom. The maximum absolute atomic E-state index is 10.7. The first-order valence-electron chi connectivity index (χ1n) is 5.40. The normalized spacial score (nSPS) is 25.9. The Labute approximate surface area is 87.5 Å². The maximum Gasteiger partial charge on any atom is 0.312 e. The van der Waals surface area contributed by atoms with E-state index in [0.717, 1.165) is 19.3 Å². The Balaban J connectivity index is 2.27. The van der Waals surface area contributed by atoms with Crippen molar-refractivity contribution in [3.05, 3.63) is 0 Å². The number of nitrogens with two attached hydrogens (primary N) is 1. The van der Waals surface area contributed by atoms with E-state index < -0.39 is 6.03 Å². The molecule has 0 aliphatic carbocycles. The fourth-order valence-corrected chi connectivity index (χ4v) is 3.14. The third-order valence-electron chi connectivity index (χ3n) is 2.66. The predicted molar refractivity (Wildman–Crippen MR) is 58.9 cm³/mol. The second kappa shape index (κ2) is 6.03. The van der Waals surface area contributed by atoms with Gasteiger partial charge in [-0.15, -0.1) is 0 Å². The number of nitrogens with one attached hydrogen (secondary N) is 1. The molecular formula is C9H20N2O2Si. The Morgan fingerprint density at radius 3 is 3.07 bits per heavy atom. The van der Waals surface area contributed by atoms with Crippen molar-refractivity contribution in [3.63, 3.8) is 0 Å². The molecular weight excluding hydrogens is 196 g/mol. The highest BCUT2D eigenvalue weighted by Gasteiger charge is 2.18. The molecule has 4 nitrogen and oxygen atoms in total. The molecule has 0 spiro atoms. The number of primary amides is 1. The topological polar surface area (TPSA) is 64.3 Å². The van der Waals surface area contributed by atoms with Crippen molar-refractivity contribution in [2.75, 3.05) is 0 Å². The number of carbonyl (C=O) groups excluding carboxylic acids is 1. The Hall–Kier alpha value is -0.553. The van der Waals surface area contributed by atoms with Crippen LogP contribution in [0.4, 0.5) is 4.79 Å². The van der Waals surface area contributed by atoms with Gasteiger partial charge in [0.25, 0.3) is 0 Å². The van der Waals surface area contributed by atoms with Crippen LogP contribution in [0.2, 0.25) is 6.04 Å². The molecule has 14 heavy (non-hydrogen) atoms. The van der Waals surface area contributed by atoms with E-state index in [1.807, 2.05) is 0 Å². The van der Waals surface area contributed by atoms with E-state index in [-0.39, 0.29) is 15.8 Å². The minimum absolute atomic E-state index is 0.185. The van der Waals surface area contributed by atoms with Gasteiger partial charge >= 0.3 is 6.03 Å². The Morgan fingerprint density at radius 1 is 1.79 bits per heavy atom. The Bertz CT molecular complexity index is 184. The van der Waals surface area contributed by atoms with Gasteiger partial charge in [-0.3, -0.25) is 0 Å². The van der Waals surface area contributed by atoms with E-state index in [1.165, 1.54) is 12.5 Å². The van der Waals surface area contributed by atoms with Crippen LogP contribution < -0.4 is 11.1 Å². The quantitative estimate of drug-likeness (QED) is 0.672. The van der Waals surface area contributed by atoms with Gasteiger partial charge in [-0.05, 0) is 25.3 Å². The van der Waals surface area contributed by atoms with Gasteiger partial charge in [-0.1, -0.05) is 13.3 Å². The number of carbonyl (C=O) groups is 1. The summed E-state index contributed by atoms with van der Waals surface area (Å²) in [6, 6.07) is 1.06. The monoisotopic (exact) mass is 216 g/mol. The van der Waals surface area contributed by atoms with Crippen LogP contribution in [0.1, 0.15) is 32.6 Å². The van der Waals surface area contributed by atoms with Gasteiger partial charge < -0.3 is 15.5 Å². The van der Waals surface area contributed by atoms with E-state index >= 15 is 0 Å². The molecule has 1 fully saturated rings. The van der Waals surface area contributed by atoms with E-state index in [0.29, 0.717) is 6.10 Å². The fraction of sp³-hybridized carbons (Fsp3) is 0.889. The first-order chi connectivity index (χ1) is 6.72. The molecule has 0 saturated carbocycles. The van der Waals surface area contributed by atoms with Crippen LogP contribution in [0.3, 0.4) is 0 Å². The summed E-state index contributed by atoms with van der Waals surface area (Å²) in [6.07, 6.45) is 4.65. The molecule has 2 unspecified atom stereocenters. The third-order valence-corrected chi connectivity index (χ3v) is 4.16. The summed E-state index contributed by atoms with van der Waals surface area (Å²) < 4.78 is 5.74. The molecule has 0 radical (unpaired) electrons. The molecule has 0 aromatic heterocycles. The molecule has 0 aromatic rings. The molecule has 2 amide bonds. The average Bonchev–Trinajstić information content (AvgIpc) is 2.17. The lowest BCUT2D eigenvalue weighted by Gasteiger charge is -2.26. The fourth-order valence-electron chi connectivity index (χ4n) is 1.84. The van der Waals surface area contributed by atoms with Crippen molar-refractivity contribution in [2.45, 2.75) is 50.8 Å². The predicted octanol–water partition coefficient (Wildman–Crippen LogP) is 0.504. The zero-order valence-electron chi connectivity index (χ0n) is 8.79. The largest absolute Gasteiger partial charge is 0.421 e. The molecule has 1 saturated heterocycles. The van der Waals surface area contributed by atoms with E-state index in [4.69, 9.17) is 10.2 Å². The average molecular weight is 216 g/mol. The molecule has 5 heteroatoms. The van der Waals surface area contributed by atoms with Crippen molar-refractivity contribution in [2.24, 2.45) is 5.73 Å². The smallest absolute Gasteiger partial charge is 0.312 e. The number of hydrogen-bond donors (Lipinski definition) is 2. The summed E-state index contributed by atoms with van der Waals surface area (Å²) in [6.45, 7) is 2.06. The molecule has 1 aliphatic heterocycles. The van der Waals surface area contributed by atoms with Gasteiger partial charge in [0.2, 0.25) is 0 Å². The van der Waals surface area contributed by atoms with E-state index in [2.05, 4.69) is 12.2 Å². The second-order valence-electron chi connectivity index (χ2n) is 3.84. The van der Waals surface area contributed by atoms with Gasteiger partial charge in [0.05, 0.1) is 0 Å². The minimum atomic E-state index is -0.426. The van der Waals surface area contributed by atoms with Crippen LogP contribution in [0, 0.1) is 0 Å². The summed E-state index contributed by atoms with van der Waals surface area (Å²) in [7, 11) is -0.261. The van der Waals surface area contributed by atoms with Crippen molar-refractivity contribution >= 4 is 15.8 Å². The van der Waals surface area contributed by atoms with Gasteiger partial charge in [-0.2, -0.15) is 0 Å². The Kier molecular flexibility index (Phi) is 4.96. The van der Waals surface area contributed by atoms with Crippen LogP contribution in [0.15, 0.2) is 0 Å². The maximum atomic E-state index is 10.7. The first-order valence-corrected chi connectivity index (χ1v) is 6.97. The standard InChI is InChI=1S/C9H20N2O2Si/c1-2-7(11-9(10)12)6-8-4-3-5-14-13-8/h7-8H,2-6,14H2,1H3,(H3,10,11,12). The summed E-state index contributed by atoms with van der Waals surface area (Å²) in [4.78, 5) is 10.7. The second-order valence-corrected chi connectivity index (χ2v) is 5.29. The van der Waals surface area contributed by atoms with E-state index in [1.54, 1.807) is 0 Å². The van der Waals surface area contributed by atoms with Crippen LogP contribution in [0.5, 0.6) is 0 Å². The SMILES string of the molecule is CCC(CC1CCC[SiH2]O1)NC(N)=O. The van der Waals surface area contributed by atoms with Gasteiger partial charge in [0.15, 0.2) is 9.76 Å². The molecule has 2 atom stereocenters. The van der Waals surface area contributed by atoms with Gasteiger partial charge in [0, 0.05) is 12.1 Å². The summed E-state index contributed by atoms with van der Waals surface area (Å²) >= 11 is 0. The van der Waals surface area contributed by atoms with Crippen LogP contribution in [-0.4, -0.2) is 27.9 Å². The van der Waals surface area contributed by atoms with Crippen molar-refractivity contribution < 1.29 is 9.22 Å². The molecule has 1 aliphatic rings. The zero-order valence-corrected chi connectivity index (χ0v) is 10.2. The molecule has 0 bridgehead atoms. The summed E-state index contributed by atoms with van der Waals surface area (Å²) in [5.41, 5.74) is 5.09. The zero-order chi connectivity index (χ0) is 10.4. The van der Waals surface area contributed by atoms with E-state index in [9.17, 15) is 4.79 Å². The minimum Gasteiger partial charge on any atom is -0.421 e. The lowest BCUT2D eigenvalue weighted by atomic mass is 10.0. The van der Waals surface area contributed by atoms with Crippen LogP contribution in [-0.2, 0) is 4.43 Å².